The first kappa shape index (κ1) is 18.4. The maximum atomic E-state index is 12.8. The highest BCUT2D eigenvalue weighted by Crippen LogP contribution is 2.20. The highest BCUT2D eigenvalue weighted by atomic mass is 32.1. The van der Waals surface area contributed by atoms with E-state index in [4.69, 9.17) is 0 Å². The number of nitrogens with one attached hydrogen (secondary N) is 1. The van der Waals surface area contributed by atoms with E-state index in [0.29, 0.717) is 6.54 Å². The molecule has 0 radical (unpaired) electrons. The fraction of sp³-hybridized carbons (Fsp3) is 0.227. The van der Waals surface area contributed by atoms with E-state index in [-0.39, 0.29) is 11.9 Å². The Labute approximate surface area is 159 Å². The summed E-state index contributed by atoms with van der Waals surface area (Å²) >= 11 is 1.68. The molecule has 26 heavy (non-hydrogen) atoms. The van der Waals surface area contributed by atoms with Crippen LogP contribution in [0.2, 0.25) is 0 Å². The summed E-state index contributed by atoms with van der Waals surface area (Å²) in [7, 11) is 4.08. The van der Waals surface area contributed by atoms with Crippen LogP contribution in [0.5, 0.6) is 0 Å². The molecule has 1 atom stereocenters. The third-order valence-electron chi connectivity index (χ3n) is 4.51. The lowest BCUT2D eigenvalue weighted by molar-refractivity contribution is 0.0941. The summed E-state index contributed by atoms with van der Waals surface area (Å²) in [4.78, 5) is 15.0. The van der Waals surface area contributed by atoms with Crippen molar-refractivity contribution in [3.05, 3.63) is 93.7 Å². The Morgan fingerprint density at radius 3 is 2.46 bits per heavy atom. The van der Waals surface area contributed by atoms with Crippen molar-refractivity contribution in [3.8, 4) is 0 Å². The summed E-state index contributed by atoms with van der Waals surface area (Å²) in [6.45, 7) is 0.586. The van der Waals surface area contributed by atoms with Gasteiger partial charge in [-0.3, -0.25) is 4.79 Å². The van der Waals surface area contributed by atoms with Gasteiger partial charge in [-0.2, -0.15) is 11.3 Å². The number of likely N-dealkylation sites (N-methyl/N-ethyl adjacent to an activating group) is 1. The van der Waals surface area contributed by atoms with Crippen LogP contribution >= 0.6 is 11.3 Å². The molecular weight excluding hydrogens is 340 g/mol. The van der Waals surface area contributed by atoms with Crippen molar-refractivity contribution in [2.75, 3.05) is 20.6 Å². The molecule has 1 unspecified atom stereocenters. The van der Waals surface area contributed by atoms with Gasteiger partial charge in [-0.1, -0.05) is 48.5 Å². The quantitative estimate of drug-likeness (QED) is 0.675. The fourth-order valence-electron chi connectivity index (χ4n) is 3.06. The normalized spacial score (nSPS) is 12.1. The first-order chi connectivity index (χ1) is 12.6. The molecule has 1 N–H and O–H groups in total. The second-order valence-corrected chi connectivity index (χ2v) is 7.35. The summed E-state index contributed by atoms with van der Waals surface area (Å²) in [5.74, 6) is -0.0152. The molecule has 0 aliphatic rings. The molecule has 1 amide bonds. The Hall–Kier alpha value is -2.43. The predicted octanol–water partition coefficient (Wildman–Crippen LogP) is 4.37. The van der Waals surface area contributed by atoms with Crippen LogP contribution in [0.4, 0.5) is 0 Å². The smallest absolute Gasteiger partial charge is 0.251 e. The van der Waals surface area contributed by atoms with Gasteiger partial charge in [-0.25, -0.2) is 0 Å². The average Bonchev–Trinajstić information content (AvgIpc) is 3.17. The Balaban J connectivity index is 1.72. The minimum absolute atomic E-state index is 0.0152. The number of thiophene rings is 1. The molecular formula is C22H24N2OS. The lowest BCUT2D eigenvalue weighted by atomic mass is 9.99. The van der Waals surface area contributed by atoms with Crippen molar-refractivity contribution in [2.45, 2.75) is 12.5 Å². The van der Waals surface area contributed by atoms with E-state index < -0.39 is 0 Å². The van der Waals surface area contributed by atoms with E-state index in [1.54, 1.807) is 11.3 Å². The minimum Gasteiger partial charge on any atom is -0.350 e. The van der Waals surface area contributed by atoms with Crippen LogP contribution in [0.25, 0.3) is 0 Å². The van der Waals surface area contributed by atoms with E-state index in [2.05, 4.69) is 39.2 Å². The Bertz CT molecular complexity index is 828. The van der Waals surface area contributed by atoms with E-state index in [1.807, 2.05) is 56.6 Å². The maximum Gasteiger partial charge on any atom is 0.251 e. The number of carbonyl (C=O) groups excluding carboxylic acids is 1. The highest BCUT2D eigenvalue weighted by Gasteiger charge is 2.17. The fourth-order valence-corrected chi connectivity index (χ4v) is 3.77. The van der Waals surface area contributed by atoms with Gasteiger partial charge in [0, 0.05) is 12.1 Å². The lowest BCUT2D eigenvalue weighted by Gasteiger charge is -2.24. The van der Waals surface area contributed by atoms with Gasteiger partial charge in [0.05, 0.1) is 6.04 Å². The Morgan fingerprint density at radius 1 is 1.04 bits per heavy atom. The van der Waals surface area contributed by atoms with Crippen LogP contribution < -0.4 is 5.32 Å². The first-order valence-corrected chi connectivity index (χ1v) is 9.68. The van der Waals surface area contributed by atoms with Crippen molar-refractivity contribution in [3.63, 3.8) is 0 Å². The number of hydrogen-bond donors (Lipinski definition) is 1. The summed E-state index contributed by atoms with van der Waals surface area (Å²) in [5, 5.41) is 7.33. The topological polar surface area (TPSA) is 32.3 Å². The summed E-state index contributed by atoms with van der Waals surface area (Å²) < 4.78 is 0. The zero-order valence-electron chi connectivity index (χ0n) is 15.2. The van der Waals surface area contributed by atoms with Gasteiger partial charge in [0.1, 0.15) is 0 Å². The number of benzene rings is 2. The number of carbonyl (C=O) groups is 1. The third kappa shape index (κ3) is 4.59. The number of rotatable bonds is 7. The van der Waals surface area contributed by atoms with Gasteiger partial charge in [-0.15, -0.1) is 0 Å². The molecule has 134 valence electrons. The van der Waals surface area contributed by atoms with Crippen molar-refractivity contribution in [1.82, 2.24) is 10.2 Å². The highest BCUT2D eigenvalue weighted by molar-refractivity contribution is 7.07. The van der Waals surface area contributed by atoms with Gasteiger partial charge >= 0.3 is 0 Å². The standard InChI is InChI=1S/C22H24N2OS/c1-24(2)21(19-12-13-26-16-19)15-23-22(25)20-11-7-6-10-18(20)14-17-8-4-3-5-9-17/h3-13,16,21H,14-15H2,1-2H3,(H,23,25). The molecule has 3 nitrogen and oxygen atoms in total. The van der Waals surface area contributed by atoms with E-state index in [9.17, 15) is 4.79 Å². The van der Waals surface area contributed by atoms with Crippen LogP contribution in [0.3, 0.4) is 0 Å². The summed E-state index contributed by atoms with van der Waals surface area (Å²) in [6.07, 6.45) is 0.756. The monoisotopic (exact) mass is 364 g/mol. The molecule has 0 saturated carbocycles. The largest absolute Gasteiger partial charge is 0.350 e. The first-order valence-electron chi connectivity index (χ1n) is 8.73. The second kappa shape index (κ2) is 8.79. The van der Waals surface area contributed by atoms with Gasteiger partial charge in [0.15, 0.2) is 0 Å². The van der Waals surface area contributed by atoms with E-state index in [1.165, 1.54) is 11.1 Å². The number of amides is 1. The predicted molar refractivity (Wildman–Crippen MR) is 109 cm³/mol. The molecule has 3 rings (SSSR count). The van der Waals surface area contributed by atoms with Gasteiger partial charge in [-0.05, 0) is 60.1 Å². The molecule has 0 aliphatic carbocycles. The van der Waals surface area contributed by atoms with Gasteiger partial charge < -0.3 is 10.2 Å². The zero-order valence-corrected chi connectivity index (χ0v) is 16.0. The van der Waals surface area contributed by atoms with Crippen molar-refractivity contribution in [2.24, 2.45) is 0 Å². The molecule has 4 heteroatoms. The molecule has 0 aliphatic heterocycles. The van der Waals surface area contributed by atoms with E-state index >= 15 is 0 Å². The molecule has 1 aromatic heterocycles. The van der Waals surface area contributed by atoms with Crippen molar-refractivity contribution < 1.29 is 4.79 Å². The number of hydrogen-bond acceptors (Lipinski definition) is 3. The minimum atomic E-state index is -0.0152. The second-order valence-electron chi connectivity index (χ2n) is 6.57. The van der Waals surface area contributed by atoms with Crippen LogP contribution in [0.15, 0.2) is 71.4 Å². The van der Waals surface area contributed by atoms with Crippen molar-refractivity contribution >= 4 is 17.2 Å². The van der Waals surface area contributed by atoms with Crippen LogP contribution in [0, 0.1) is 0 Å². The van der Waals surface area contributed by atoms with Gasteiger partial charge in [0.2, 0.25) is 0 Å². The zero-order chi connectivity index (χ0) is 18.4. The number of nitrogens with zero attached hydrogens (tertiary/aromatic N) is 1. The summed E-state index contributed by atoms with van der Waals surface area (Å²) in [6, 6.07) is 20.4. The SMILES string of the molecule is CN(C)C(CNC(=O)c1ccccc1Cc1ccccc1)c1ccsc1. The van der Waals surface area contributed by atoms with Crippen LogP contribution in [-0.2, 0) is 6.42 Å². The van der Waals surface area contributed by atoms with Crippen molar-refractivity contribution in [1.29, 1.82) is 0 Å². The molecule has 0 spiro atoms. The average molecular weight is 365 g/mol. The molecule has 1 heterocycles. The Kier molecular flexibility index (Phi) is 6.21. The summed E-state index contributed by atoms with van der Waals surface area (Å²) in [5.41, 5.74) is 4.24. The van der Waals surface area contributed by atoms with Crippen LogP contribution in [-0.4, -0.2) is 31.4 Å². The third-order valence-corrected chi connectivity index (χ3v) is 5.21. The molecule has 0 bridgehead atoms. The molecule has 2 aromatic carbocycles. The molecule has 0 saturated heterocycles. The Morgan fingerprint density at radius 2 is 1.77 bits per heavy atom. The van der Waals surface area contributed by atoms with E-state index in [0.717, 1.165) is 17.5 Å². The maximum absolute atomic E-state index is 12.8. The van der Waals surface area contributed by atoms with Gasteiger partial charge in [0.25, 0.3) is 5.91 Å². The molecule has 3 aromatic rings. The molecule has 0 fully saturated rings. The lowest BCUT2D eigenvalue weighted by Crippen LogP contribution is -2.34. The van der Waals surface area contributed by atoms with Crippen LogP contribution in [0.1, 0.15) is 33.1 Å².